The van der Waals surface area contributed by atoms with Crippen LogP contribution in [-0.4, -0.2) is 33.8 Å². The quantitative estimate of drug-likeness (QED) is 0.714. The van der Waals surface area contributed by atoms with Gasteiger partial charge in [0.2, 0.25) is 5.91 Å². The maximum atomic E-state index is 12.5. The van der Waals surface area contributed by atoms with Crippen molar-refractivity contribution in [1.29, 1.82) is 0 Å². The smallest absolute Gasteiger partial charge is 0.313 e. The first kappa shape index (κ1) is 16.5. The minimum absolute atomic E-state index is 0.0959. The van der Waals surface area contributed by atoms with E-state index in [-0.39, 0.29) is 18.7 Å². The van der Waals surface area contributed by atoms with Gasteiger partial charge in [0.25, 0.3) is 0 Å². The fourth-order valence-electron chi connectivity index (χ4n) is 2.81. The highest BCUT2D eigenvalue weighted by atomic mass is 16.3. The normalized spacial score (nSPS) is 15.1. The summed E-state index contributed by atoms with van der Waals surface area (Å²) in [6.45, 7) is 0.0967. The van der Waals surface area contributed by atoms with Gasteiger partial charge in [-0.1, -0.05) is 30.3 Å². The molecule has 0 radical (unpaired) electrons. The molecule has 0 aromatic heterocycles. The van der Waals surface area contributed by atoms with E-state index in [1.807, 2.05) is 0 Å². The van der Waals surface area contributed by atoms with Crippen molar-refractivity contribution in [3.8, 4) is 5.75 Å². The molecule has 1 aliphatic rings. The first-order valence-corrected chi connectivity index (χ1v) is 7.73. The predicted octanol–water partition coefficient (Wildman–Crippen LogP) is 0.769. The van der Waals surface area contributed by atoms with Crippen molar-refractivity contribution < 1.29 is 19.5 Å². The molecule has 1 heterocycles. The van der Waals surface area contributed by atoms with Gasteiger partial charge in [0.15, 0.2) is 0 Å². The van der Waals surface area contributed by atoms with Crippen LogP contribution in [0.1, 0.15) is 11.1 Å². The summed E-state index contributed by atoms with van der Waals surface area (Å²) in [6, 6.07) is 12.3. The molecule has 0 aliphatic carbocycles. The Balaban J connectivity index is 1.94. The summed E-state index contributed by atoms with van der Waals surface area (Å²) >= 11 is 0. The number of anilines is 1. The van der Waals surface area contributed by atoms with Gasteiger partial charge in [-0.2, -0.15) is 0 Å². The van der Waals surface area contributed by atoms with E-state index in [2.05, 4.69) is 5.32 Å². The zero-order valence-electron chi connectivity index (χ0n) is 13.3. The molecule has 2 aromatic carbocycles. The van der Waals surface area contributed by atoms with Gasteiger partial charge in [-0.3, -0.25) is 14.4 Å². The lowest BCUT2D eigenvalue weighted by atomic mass is 10.0. The molecule has 4 N–H and O–H groups in total. The van der Waals surface area contributed by atoms with E-state index in [9.17, 15) is 19.5 Å². The number of nitrogens with two attached hydrogens (primary N) is 1. The molecule has 0 saturated heterocycles. The van der Waals surface area contributed by atoms with Crippen LogP contribution in [0.4, 0.5) is 5.69 Å². The number of phenols is 1. The third kappa shape index (κ3) is 3.45. The Morgan fingerprint density at radius 3 is 2.52 bits per heavy atom. The zero-order chi connectivity index (χ0) is 18.0. The van der Waals surface area contributed by atoms with Gasteiger partial charge in [0, 0.05) is 18.7 Å². The van der Waals surface area contributed by atoms with Crippen LogP contribution in [0.3, 0.4) is 0 Å². The molecule has 25 heavy (non-hydrogen) atoms. The summed E-state index contributed by atoms with van der Waals surface area (Å²) in [7, 11) is 0. The summed E-state index contributed by atoms with van der Waals surface area (Å²) in [4.78, 5) is 37.8. The van der Waals surface area contributed by atoms with Gasteiger partial charge in [0.05, 0.1) is 0 Å². The van der Waals surface area contributed by atoms with Gasteiger partial charge in [0.1, 0.15) is 11.8 Å². The van der Waals surface area contributed by atoms with Crippen molar-refractivity contribution in [3.63, 3.8) is 0 Å². The van der Waals surface area contributed by atoms with E-state index in [1.54, 1.807) is 36.4 Å². The largest absolute Gasteiger partial charge is 0.508 e. The number of aromatic hydroxyl groups is 1. The fraction of sp³-hybridized carbons (Fsp3) is 0.167. The second-order valence-corrected chi connectivity index (χ2v) is 5.83. The highest BCUT2D eigenvalue weighted by Crippen LogP contribution is 2.23. The van der Waals surface area contributed by atoms with Crippen LogP contribution < -0.4 is 11.1 Å². The molecule has 3 amide bonds. The van der Waals surface area contributed by atoms with Gasteiger partial charge in [-0.25, -0.2) is 0 Å². The monoisotopic (exact) mass is 339 g/mol. The Morgan fingerprint density at radius 2 is 1.84 bits per heavy atom. The molecule has 1 atom stereocenters. The summed E-state index contributed by atoms with van der Waals surface area (Å²) in [5, 5.41) is 11.9. The average Bonchev–Trinajstić information content (AvgIpc) is 2.71. The van der Waals surface area contributed by atoms with Crippen LogP contribution in [0.5, 0.6) is 5.75 Å². The molecule has 0 unspecified atom stereocenters. The number of para-hydroxylation sites is 1. The lowest BCUT2D eigenvalue weighted by Gasteiger charge is -2.28. The van der Waals surface area contributed by atoms with Gasteiger partial charge < -0.3 is 21.1 Å². The molecule has 7 heteroatoms. The van der Waals surface area contributed by atoms with E-state index >= 15 is 0 Å². The number of hydrogen-bond donors (Lipinski definition) is 3. The van der Waals surface area contributed by atoms with Crippen molar-refractivity contribution in [2.24, 2.45) is 5.73 Å². The second-order valence-electron chi connectivity index (χ2n) is 5.83. The fourth-order valence-corrected chi connectivity index (χ4v) is 2.81. The number of carbonyl (C=O) groups is 3. The van der Waals surface area contributed by atoms with Gasteiger partial charge >= 0.3 is 11.8 Å². The van der Waals surface area contributed by atoms with E-state index < -0.39 is 23.8 Å². The average molecular weight is 339 g/mol. The first-order chi connectivity index (χ1) is 12.0. The highest BCUT2D eigenvalue weighted by molar-refractivity contribution is 6.40. The van der Waals surface area contributed by atoms with Crippen LogP contribution in [-0.2, 0) is 27.3 Å². The van der Waals surface area contributed by atoms with E-state index in [0.29, 0.717) is 11.3 Å². The number of nitrogens with zero attached hydrogens (tertiary/aromatic N) is 1. The number of carbonyl (C=O) groups excluding carboxylic acids is 3. The summed E-state index contributed by atoms with van der Waals surface area (Å²) < 4.78 is 0. The van der Waals surface area contributed by atoms with Crippen LogP contribution >= 0.6 is 0 Å². The number of fused-ring (bicyclic) bond motifs is 1. The lowest BCUT2D eigenvalue weighted by Crippen LogP contribution is -2.50. The minimum atomic E-state index is -0.978. The van der Waals surface area contributed by atoms with Gasteiger partial charge in [-0.15, -0.1) is 0 Å². The topological polar surface area (TPSA) is 113 Å². The molecule has 3 rings (SSSR count). The van der Waals surface area contributed by atoms with Crippen molar-refractivity contribution in [2.75, 3.05) is 5.32 Å². The molecular formula is C18H17N3O4. The molecule has 7 nitrogen and oxygen atoms in total. The Kier molecular flexibility index (Phi) is 4.38. The molecule has 0 fully saturated rings. The number of phenolic OH excluding ortho intramolecular Hbond substituents is 1. The SMILES string of the molecule is NC(=O)[C@@H](Cc1ccc(O)cc1)N1Cc2ccccc2NC(=O)C1=O. The molecule has 2 aromatic rings. The third-order valence-corrected chi connectivity index (χ3v) is 4.13. The Bertz CT molecular complexity index is 832. The Morgan fingerprint density at radius 1 is 1.16 bits per heavy atom. The molecule has 0 saturated carbocycles. The van der Waals surface area contributed by atoms with Crippen molar-refractivity contribution in [2.45, 2.75) is 19.0 Å². The zero-order valence-corrected chi connectivity index (χ0v) is 13.3. The number of benzene rings is 2. The summed E-state index contributed by atoms with van der Waals surface area (Å²) in [5.41, 5.74) is 7.48. The van der Waals surface area contributed by atoms with Crippen molar-refractivity contribution >= 4 is 23.4 Å². The van der Waals surface area contributed by atoms with Crippen molar-refractivity contribution in [1.82, 2.24) is 4.90 Å². The Hall–Kier alpha value is -3.35. The van der Waals surface area contributed by atoms with Crippen molar-refractivity contribution in [3.05, 3.63) is 59.7 Å². The summed E-state index contributed by atoms with van der Waals surface area (Å²) in [6.07, 6.45) is 0.150. The third-order valence-electron chi connectivity index (χ3n) is 4.13. The molecule has 0 bridgehead atoms. The molecule has 1 aliphatic heterocycles. The van der Waals surface area contributed by atoms with E-state index in [1.165, 1.54) is 17.0 Å². The van der Waals surface area contributed by atoms with E-state index in [4.69, 9.17) is 5.73 Å². The van der Waals surface area contributed by atoms with Crippen LogP contribution in [0.25, 0.3) is 0 Å². The summed E-state index contributed by atoms with van der Waals surface area (Å²) in [5.74, 6) is -2.21. The first-order valence-electron chi connectivity index (χ1n) is 7.73. The number of hydrogen-bond acceptors (Lipinski definition) is 4. The minimum Gasteiger partial charge on any atom is -0.508 e. The van der Waals surface area contributed by atoms with E-state index in [0.717, 1.165) is 5.56 Å². The molecule has 128 valence electrons. The number of primary amides is 1. The maximum Gasteiger partial charge on any atom is 0.313 e. The van der Waals surface area contributed by atoms with Crippen LogP contribution in [0.2, 0.25) is 0 Å². The Labute approximate surface area is 144 Å². The lowest BCUT2D eigenvalue weighted by molar-refractivity contribution is -0.147. The standard InChI is InChI=1S/C18H17N3O4/c19-16(23)15(9-11-5-7-13(22)8-6-11)21-10-12-3-1-2-4-14(12)20-17(24)18(21)25/h1-8,15,22H,9-10H2,(H2,19,23)(H,20,24)/t15-/m1/s1. The highest BCUT2D eigenvalue weighted by Gasteiger charge is 2.35. The second kappa shape index (κ2) is 6.64. The predicted molar refractivity (Wildman–Crippen MR) is 90.4 cm³/mol. The molecule has 0 spiro atoms. The number of nitrogens with one attached hydrogen (secondary N) is 1. The number of amides is 3. The maximum absolute atomic E-state index is 12.5. The van der Waals surface area contributed by atoms with Crippen LogP contribution in [0.15, 0.2) is 48.5 Å². The molecular weight excluding hydrogens is 322 g/mol. The number of rotatable bonds is 4. The van der Waals surface area contributed by atoms with Crippen LogP contribution in [0, 0.1) is 0 Å². The van der Waals surface area contributed by atoms with Gasteiger partial charge in [-0.05, 0) is 29.3 Å².